The fourth-order valence-electron chi connectivity index (χ4n) is 2.93. The van der Waals surface area contributed by atoms with E-state index in [2.05, 4.69) is 46.9 Å². The van der Waals surface area contributed by atoms with Crippen LogP contribution in [0, 0.1) is 5.41 Å². The van der Waals surface area contributed by atoms with Crippen molar-refractivity contribution in [1.29, 1.82) is 0 Å². The molecule has 22 heavy (non-hydrogen) atoms. The Balaban J connectivity index is 0.00000220. The number of nitrogens with zero attached hydrogens (tertiary/aromatic N) is 1. The van der Waals surface area contributed by atoms with Gasteiger partial charge in [0.2, 0.25) is 0 Å². The highest BCUT2D eigenvalue weighted by atomic mass is 79.9. The first-order valence-electron chi connectivity index (χ1n) is 6.94. The van der Waals surface area contributed by atoms with Gasteiger partial charge in [-0.25, -0.2) is 0 Å². The number of benzene rings is 1. The number of phenolic OH excluding ortho intramolecular Hbond substituents is 1. The molecule has 1 aliphatic heterocycles. The molecule has 1 fully saturated rings. The largest absolute Gasteiger partial charge is 0.506 e. The van der Waals surface area contributed by atoms with Crippen LogP contribution < -0.4 is 5.32 Å². The lowest BCUT2D eigenvalue weighted by Crippen LogP contribution is -2.48. The van der Waals surface area contributed by atoms with Gasteiger partial charge in [-0.15, -0.1) is 24.8 Å². The Morgan fingerprint density at radius 1 is 1.23 bits per heavy atom. The van der Waals surface area contributed by atoms with Crippen molar-refractivity contribution in [2.24, 2.45) is 5.41 Å². The van der Waals surface area contributed by atoms with Crippen LogP contribution >= 0.6 is 52.3 Å². The van der Waals surface area contributed by atoms with Crippen LogP contribution in [0.4, 0.5) is 0 Å². The van der Waals surface area contributed by atoms with E-state index >= 15 is 0 Å². The van der Waals surface area contributed by atoms with E-state index in [0.717, 1.165) is 31.7 Å². The molecule has 0 bridgehead atoms. The van der Waals surface area contributed by atoms with Crippen molar-refractivity contribution in [3.05, 3.63) is 27.2 Å². The van der Waals surface area contributed by atoms with E-state index in [1.807, 2.05) is 12.1 Å². The zero-order valence-electron chi connectivity index (χ0n) is 13.0. The first-order valence-corrected chi connectivity index (χ1v) is 8.11. The summed E-state index contributed by atoms with van der Waals surface area (Å²) in [6, 6.07) is 3.96. The van der Waals surface area contributed by atoms with E-state index in [1.165, 1.54) is 0 Å². The van der Waals surface area contributed by atoms with Gasteiger partial charge in [-0.3, -0.25) is 4.90 Å². The van der Waals surface area contributed by atoms with Crippen molar-refractivity contribution in [3.8, 4) is 5.75 Å². The van der Waals surface area contributed by atoms with E-state index in [1.54, 1.807) is 0 Å². The summed E-state index contributed by atoms with van der Waals surface area (Å²) in [6.45, 7) is 10.6. The van der Waals surface area contributed by atoms with Crippen molar-refractivity contribution < 1.29 is 5.11 Å². The summed E-state index contributed by atoms with van der Waals surface area (Å²) in [5.41, 5.74) is 0.970. The molecule has 1 aromatic carbocycles. The van der Waals surface area contributed by atoms with Crippen LogP contribution in [0.2, 0.25) is 5.02 Å². The van der Waals surface area contributed by atoms with Crippen molar-refractivity contribution in [3.63, 3.8) is 0 Å². The van der Waals surface area contributed by atoms with E-state index in [4.69, 9.17) is 11.6 Å². The van der Waals surface area contributed by atoms with Gasteiger partial charge in [0.15, 0.2) is 0 Å². The number of hydrogen-bond acceptors (Lipinski definition) is 3. The molecule has 0 aromatic heterocycles. The molecule has 0 aliphatic carbocycles. The standard InChI is InChI=1S/C15H22BrClN2O.2ClH/c1-15(2,3)14(19-8-6-18-7-9-19)10-4-5-11(17)12(16)13(10)20;;/h4-5,14,18,20H,6-9H2,1-3H3;2*1H/t14-;;/m0../s1. The lowest BCUT2D eigenvalue weighted by molar-refractivity contribution is 0.0842. The number of aromatic hydroxyl groups is 1. The zero-order valence-corrected chi connectivity index (χ0v) is 17.0. The summed E-state index contributed by atoms with van der Waals surface area (Å²) in [4.78, 5) is 2.44. The topological polar surface area (TPSA) is 35.5 Å². The average Bonchev–Trinajstić information content (AvgIpc) is 2.39. The van der Waals surface area contributed by atoms with Crippen LogP contribution in [0.5, 0.6) is 5.75 Å². The Hall–Kier alpha value is 0.290. The molecule has 0 saturated carbocycles. The number of hydrogen-bond donors (Lipinski definition) is 2. The summed E-state index contributed by atoms with van der Waals surface area (Å²) >= 11 is 9.44. The molecule has 2 N–H and O–H groups in total. The summed E-state index contributed by atoms with van der Waals surface area (Å²) in [5.74, 6) is 0.260. The quantitative estimate of drug-likeness (QED) is 0.712. The van der Waals surface area contributed by atoms with Crippen molar-refractivity contribution in [1.82, 2.24) is 10.2 Å². The van der Waals surface area contributed by atoms with E-state index in [-0.39, 0.29) is 42.0 Å². The Kier molecular flexibility index (Phi) is 9.07. The van der Waals surface area contributed by atoms with Crippen LogP contribution in [0.1, 0.15) is 32.4 Å². The van der Waals surface area contributed by atoms with Gasteiger partial charge in [0.05, 0.1) is 9.50 Å². The molecule has 1 heterocycles. The fraction of sp³-hybridized carbons (Fsp3) is 0.600. The van der Waals surface area contributed by atoms with Gasteiger partial charge in [-0.2, -0.15) is 0 Å². The van der Waals surface area contributed by atoms with Gasteiger partial charge >= 0.3 is 0 Å². The summed E-state index contributed by atoms with van der Waals surface area (Å²) in [7, 11) is 0. The lowest BCUT2D eigenvalue weighted by atomic mass is 9.80. The van der Waals surface area contributed by atoms with E-state index in [0.29, 0.717) is 9.50 Å². The van der Waals surface area contributed by atoms with Gasteiger partial charge in [0, 0.05) is 37.8 Å². The summed E-state index contributed by atoms with van der Waals surface area (Å²) in [6.07, 6.45) is 0. The van der Waals surface area contributed by atoms with E-state index in [9.17, 15) is 5.11 Å². The Bertz CT molecular complexity index is 488. The number of halogens is 4. The monoisotopic (exact) mass is 432 g/mol. The average molecular weight is 435 g/mol. The molecular formula is C15H24BrCl3N2O. The Labute approximate surface area is 158 Å². The minimum absolute atomic E-state index is 0. The second-order valence-corrected chi connectivity index (χ2v) is 7.55. The molecule has 2 rings (SSSR count). The molecule has 1 aliphatic rings. The van der Waals surface area contributed by atoms with Gasteiger partial charge in [-0.05, 0) is 27.4 Å². The van der Waals surface area contributed by atoms with Gasteiger partial charge in [0.1, 0.15) is 5.75 Å². The maximum Gasteiger partial charge on any atom is 0.136 e. The van der Waals surface area contributed by atoms with Crippen molar-refractivity contribution in [2.75, 3.05) is 26.2 Å². The summed E-state index contributed by atoms with van der Waals surface area (Å²) in [5, 5.41) is 14.4. The number of piperazine rings is 1. The van der Waals surface area contributed by atoms with Crippen LogP contribution in [0.25, 0.3) is 0 Å². The predicted molar refractivity (Wildman–Crippen MR) is 102 cm³/mol. The van der Waals surface area contributed by atoms with Crippen molar-refractivity contribution in [2.45, 2.75) is 26.8 Å². The van der Waals surface area contributed by atoms with Crippen LogP contribution in [-0.4, -0.2) is 36.2 Å². The smallest absolute Gasteiger partial charge is 0.136 e. The number of nitrogens with one attached hydrogen (secondary N) is 1. The number of phenols is 1. The third-order valence-electron chi connectivity index (χ3n) is 3.73. The molecule has 0 spiro atoms. The van der Waals surface area contributed by atoms with Gasteiger partial charge in [0.25, 0.3) is 0 Å². The Morgan fingerprint density at radius 3 is 2.27 bits per heavy atom. The minimum atomic E-state index is 0. The molecule has 7 heteroatoms. The number of rotatable bonds is 2. The molecule has 1 saturated heterocycles. The highest BCUT2D eigenvalue weighted by molar-refractivity contribution is 9.10. The maximum absolute atomic E-state index is 10.5. The Morgan fingerprint density at radius 2 is 1.77 bits per heavy atom. The van der Waals surface area contributed by atoms with Crippen LogP contribution in [-0.2, 0) is 0 Å². The third-order valence-corrected chi connectivity index (χ3v) is 5.08. The molecule has 0 unspecified atom stereocenters. The summed E-state index contributed by atoms with van der Waals surface area (Å²) < 4.78 is 0.584. The normalized spacial score (nSPS) is 17.3. The SMILES string of the molecule is CC(C)(C)[C@H](c1ccc(Cl)c(Br)c1O)N1CCNCC1.Cl.Cl. The second-order valence-electron chi connectivity index (χ2n) is 6.35. The molecule has 1 atom stereocenters. The van der Waals surface area contributed by atoms with Gasteiger partial charge in [-0.1, -0.05) is 38.4 Å². The maximum atomic E-state index is 10.5. The fourth-order valence-corrected chi connectivity index (χ4v) is 3.44. The highest BCUT2D eigenvalue weighted by Crippen LogP contribution is 2.45. The van der Waals surface area contributed by atoms with Crippen LogP contribution in [0.3, 0.4) is 0 Å². The first-order chi connectivity index (χ1) is 9.32. The van der Waals surface area contributed by atoms with Gasteiger partial charge < -0.3 is 10.4 Å². The highest BCUT2D eigenvalue weighted by Gasteiger charge is 2.34. The molecule has 128 valence electrons. The second kappa shape index (κ2) is 8.95. The van der Waals surface area contributed by atoms with E-state index < -0.39 is 0 Å². The molecule has 0 radical (unpaired) electrons. The third kappa shape index (κ3) is 4.89. The van der Waals surface area contributed by atoms with Crippen LogP contribution in [0.15, 0.2) is 16.6 Å². The zero-order chi connectivity index (χ0) is 14.9. The molecular weight excluding hydrogens is 410 g/mol. The molecule has 1 aromatic rings. The molecule has 3 nitrogen and oxygen atoms in total. The first kappa shape index (κ1) is 22.3. The lowest BCUT2D eigenvalue weighted by Gasteiger charge is -2.42. The minimum Gasteiger partial charge on any atom is -0.506 e. The van der Waals surface area contributed by atoms with Crippen molar-refractivity contribution >= 4 is 52.3 Å². The predicted octanol–water partition coefficient (Wildman–Crippen LogP) is 4.64. The molecule has 0 amide bonds.